The van der Waals surface area contributed by atoms with Crippen molar-refractivity contribution < 1.29 is 32.3 Å². The summed E-state index contributed by atoms with van der Waals surface area (Å²) >= 11 is 5.86. The molecule has 2 aromatic rings. The van der Waals surface area contributed by atoms with Gasteiger partial charge in [-0.3, -0.25) is 14.4 Å². The highest BCUT2D eigenvalue weighted by Crippen LogP contribution is 2.37. The Bertz CT molecular complexity index is 1220. The van der Waals surface area contributed by atoms with E-state index in [9.17, 15) is 27.6 Å². The molecule has 1 aliphatic carbocycles. The monoisotopic (exact) mass is 551 g/mol. The molecule has 4 rings (SSSR count). The van der Waals surface area contributed by atoms with Gasteiger partial charge in [-0.15, -0.1) is 13.2 Å². The number of halogens is 4. The fourth-order valence-electron chi connectivity index (χ4n) is 4.79. The van der Waals surface area contributed by atoms with Crippen LogP contribution in [-0.4, -0.2) is 46.6 Å². The average Bonchev–Trinajstić information content (AvgIpc) is 3.54. The molecular formula is C27H29ClF3N3O4. The number of amides is 3. The van der Waals surface area contributed by atoms with E-state index in [1.807, 2.05) is 18.7 Å². The summed E-state index contributed by atoms with van der Waals surface area (Å²) in [6.45, 7) is 5.87. The molecule has 2 N–H and O–H groups in total. The number of ether oxygens (including phenoxy) is 1. The van der Waals surface area contributed by atoms with E-state index in [0.717, 1.165) is 30.5 Å². The highest BCUT2D eigenvalue weighted by Gasteiger charge is 2.51. The van der Waals surface area contributed by atoms with Crippen molar-refractivity contribution in [2.75, 3.05) is 0 Å². The number of nitrogens with one attached hydrogen (secondary N) is 2. The SMILES string of the molecule is CC1CCC(C)N1C(=O)c1ccc([C@@H](C)NC(=O)C2(NC(=O)c3cc(Cl)cc(OC(F)(F)F)c3)CC2)cc1. The lowest BCUT2D eigenvalue weighted by atomic mass is 10.0. The molecule has 11 heteroatoms. The number of benzene rings is 2. The van der Waals surface area contributed by atoms with E-state index >= 15 is 0 Å². The van der Waals surface area contributed by atoms with E-state index in [4.69, 9.17) is 11.6 Å². The molecule has 0 aromatic heterocycles. The molecular weight excluding hydrogens is 523 g/mol. The summed E-state index contributed by atoms with van der Waals surface area (Å²) in [6.07, 6.45) is -2.23. The van der Waals surface area contributed by atoms with Crippen LogP contribution in [0.1, 0.15) is 78.8 Å². The fraction of sp³-hybridized carbons (Fsp3) is 0.444. The van der Waals surface area contributed by atoms with Crippen LogP contribution in [-0.2, 0) is 4.79 Å². The molecule has 2 unspecified atom stereocenters. The third kappa shape index (κ3) is 6.23. The summed E-state index contributed by atoms with van der Waals surface area (Å²) in [6, 6.07) is 10.1. The average molecular weight is 552 g/mol. The molecule has 3 amide bonds. The Morgan fingerprint density at radius 3 is 2.18 bits per heavy atom. The predicted molar refractivity (Wildman–Crippen MR) is 135 cm³/mol. The quantitative estimate of drug-likeness (QED) is 0.483. The second-order valence-corrected chi connectivity index (χ2v) is 10.5. The lowest BCUT2D eigenvalue weighted by molar-refractivity contribution is -0.274. The lowest BCUT2D eigenvalue weighted by Crippen LogP contribution is -2.49. The minimum atomic E-state index is -4.94. The maximum atomic E-state index is 13.0. The van der Waals surface area contributed by atoms with Gasteiger partial charge in [-0.1, -0.05) is 23.7 Å². The molecule has 1 saturated carbocycles. The Morgan fingerprint density at radius 2 is 1.63 bits per heavy atom. The standard InChI is InChI=1S/C27H29ClF3N3O4/c1-15-4-5-16(2)34(15)24(36)19-8-6-18(7-9-19)17(3)32-25(37)26(10-11-26)33-23(35)20-12-21(28)14-22(13-20)38-27(29,30)31/h6-9,12-17H,4-5,10-11H2,1-3H3,(H,32,37)(H,33,35)/t15?,16?,17-/m1/s1. The van der Waals surface area contributed by atoms with Crippen molar-refractivity contribution >= 4 is 29.3 Å². The van der Waals surface area contributed by atoms with Crippen molar-refractivity contribution in [2.24, 2.45) is 0 Å². The normalized spacial score (nSPS) is 21.0. The Balaban J connectivity index is 1.38. The number of carbonyl (C=O) groups excluding carboxylic acids is 3. The van der Waals surface area contributed by atoms with Gasteiger partial charge in [-0.2, -0.15) is 0 Å². The molecule has 2 aliphatic rings. The van der Waals surface area contributed by atoms with E-state index in [-0.39, 0.29) is 28.6 Å². The van der Waals surface area contributed by atoms with Gasteiger partial charge < -0.3 is 20.3 Å². The van der Waals surface area contributed by atoms with Gasteiger partial charge in [0.15, 0.2) is 0 Å². The summed E-state index contributed by atoms with van der Waals surface area (Å²) in [5.74, 6) is -1.80. The second kappa shape index (κ2) is 10.5. The van der Waals surface area contributed by atoms with Crippen LogP contribution < -0.4 is 15.4 Å². The van der Waals surface area contributed by atoms with Gasteiger partial charge in [0.05, 0.1) is 6.04 Å². The van der Waals surface area contributed by atoms with Crippen molar-refractivity contribution in [3.05, 3.63) is 64.2 Å². The van der Waals surface area contributed by atoms with Crippen LogP contribution in [0.25, 0.3) is 0 Å². The first-order chi connectivity index (χ1) is 17.8. The van der Waals surface area contributed by atoms with Gasteiger partial charge in [0, 0.05) is 28.2 Å². The maximum Gasteiger partial charge on any atom is 0.573 e. The lowest BCUT2D eigenvalue weighted by Gasteiger charge is -2.26. The first-order valence-corrected chi connectivity index (χ1v) is 12.8. The molecule has 2 fully saturated rings. The predicted octanol–water partition coefficient (Wildman–Crippen LogP) is 5.39. The Kier molecular flexibility index (Phi) is 7.65. The van der Waals surface area contributed by atoms with Crippen LogP contribution in [0.2, 0.25) is 5.02 Å². The van der Waals surface area contributed by atoms with Crippen LogP contribution in [0.4, 0.5) is 13.2 Å². The maximum absolute atomic E-state index is 13.0. The number of likely N-dealkylation sites (tertiary alicyclic amines) is 1. The summed E-state index contributed by atoms with van der Waals surface area (Å²) < 4.78 is 41.6. The largest absolute Gasteiger partial charge is 0.573 e. The number of nitrogens with zero attached hydrogens (tertiary/aromatic N) is 1. The van der Waals surface area contributed by atoms with E-state index in [0.29, 0.717) is 18.4 Å². The zero-order chi connectivity index (χ0) is 27.8. The molecule has 0 bridgehead atoms. The van der Waals surface area contributed by atoms with Gasteiger partial charge in [-0.05, 0) is 82.3 Å². The Hall–Kier alpha value is -3.27. The molecule has 1 heterocycles. The third-order valence-corrected chi connectivity index (χ3v) is 7.31. The van der Waals surface area contributed by atoms with Crippen molar-refractivity contribution in [1.82, 2.24) is 15.5 Å². The topological polar surface area (TPSA) is 87.7 Å². The minimum absolute atomic E-state index is 0.0183. The van der Waals surface area contributed by atoms with E-state index < -0.39 is 35.5 Å². The minimum Gasteiger partial charge on any atom is -0.406 e. The van der Waals surface area contributed by atoms with Gasteiger partial charge in [-0.25, -0.2) is 0 Å². The molecule has 1 aliphatic heterocycles. The second-order valence-electron chi connectivity index (χ2n) is 10.1. The van der Waals surface area contributed by atoms with Crippen molar-refractivity contribution in [3.8, 4) is 5.75 Å². The summed E-state index contributed by atoms with van der Waals surface area (Å²) in [5, 5.41) is 5.39. The Labute approximate surface area is 223 Å². The number of alkyl halides is 3. The molecule has 2 aromatic carbocycles. The van der Waals surface area contributed by atoms with Gasteiger partial charge >= 0.3 is 6.36 Å². The van der Waals surface area contributed by atoms with Gasteiger partial charge in [0.2, 0.25) is 5.91 Å². The van der Waals surface area contributed by atoms with Crippen LogP contribution in [0.5, 0.6) is 5.75 Å². The first-order valence-electron chi connectivity index (χ1n) is 12.4. The molecule has 0 spiro atoms. The number of hydrogen-bond acceptors (Lipinski definition) is 4. The third-order valence-electron chi connectivity index (χ3n) is 7.10. The summed E-state index contributed by atoms with van der Waals surface area (Å²) in [5.41, 5.74) is 0.0275. The molecule has 0 radical (unpaired) electrons. The molecule has 1 saturated heterocycles. The summed E-state index contributed by atoms with van der Waals surface area (Å²) in [4.78, 5) is 40.6. The van der Waals surface area contributed by atoms with Crippen molar-refractivity contribution in [2.45, 2.75) is 76.5 Å². The molecule has 3 atom stereocenters. The molecule has 7 nitrogen and oxygen atoms in total. The van der Waals surface area contributed by atoms with Crippen molar-refractivity contribution in [1.29, 1.82) is 0 Å². The van der Waals surface area contributed by atoms with Crippen LogP contribution >= 0.6 is 11.6 Å². The zero-order valence-corrected chi connectivity index (χ0v) is 21.9. The Morgan fingerprint density at radius 1 is 1.03 bits per heavy atom. The number of hydrogen-bond donors (Lipinski definition) is 2. The van der Waals surface area contributed by atoms with Crippen molar-refractivity contribution in [3.63, 3.8) is 0 Å². The smallest absolute Gasteiger partial charge is 0.406 e. The van der Waals surface area contributed by atoms with Gasteiger partial charge in [0.1, 0.15) is 11.3 Å². The zero-order valence-electron chi connectivity index (χ0n) is 21.2. The molecule has 204 valence electrons. The fourth-order valence-corrected chi connectivity index (χ4v) is 5.01. The number of carbonyl (C=O) groups is 3. The van der Waals surface area contributed by atoms with E-state index in [1.54, 1.807) is 31.2 Å². The highest BCUT2D eigenvalue weighted by molar-refractivity contribution is 6.31. The number of rotatable bonds is 7. The van der Waals surface area contributed by atoms with Crippen LogP contribution in [0.15, 0.2) is 42.5 Å². The highest BCUT2D eigenvalue weighted by atomic mass is 35.5. The van der Waals surface area contributed by atoms with Crippen LogP contribution in [0, 0.1) is 0 Å². The first kappa shape index (κ1) is 27.8. The summed E-state index contributed by atoms with van der Waals surface area (Å²) in [7, 11) is 0. The van der Waals surface area contributed by atoms with E-state index in [1.165, 1.54) is 6.07 Å². The van der Waals surface area contributed by atoms with Gasteiger partial charge in [0.25, 0.3) is 11.8 Å². The molecule has 38 heavy (non-hydrogen) atoms. The van der Waals surface area contributed by atoms with E-state index in [2.05, 4.69) is 15.4 Å². The van der Waals surface area contributed by atoms with Crippen LogP contribution in [0.3, 0.4) is 0 Å².